The fourth-order valence-electron chi connectivity index (χ4n) is 2.12. The number of amides is 2. The van der Waals surface area contributed by atoms with Gasteiger partial charge in [0.1, 0.15) is 5.01 Å². The van der Waals surface area contributed by atoms with Gasteiger partial charge >= 0.3 is 11.8 Å². The predicted molar refractivity (Wildman–Crippen MR) is 77.6 cm³/mol. The van der Waals surface area contributed by atoms with Crippen molar-refractivity contribution >= 4 is 28.3 Å². The Kier molecular flexibility index (Phi) is 5.46. The SMILES string of the molecule is CCCCc1nnc(NC(=O)C(=O)N2CCCCC2)s1. The van der Waals surface area contributed by atoms with Crippen molar-refractivity contribution in [3.63, 3.8) is 0 Å². The molecule has 1 aliphatic heterocycles. The summed E-state index contributed by atoms with van der Waals surface area (Å²) < 4.78 is 0. The number of hydrogen-bond donors (Lipinski definition) is 1. The summed E-state index contributed by atoms with van der Waals surface area (Å²) in [4.78, 5) is 25.4. The number of aromatic nitrogens is 2. The number of anilines is 1. The van der Waals surface area contributed by atoms with Gasteiger partial charge in [0.15, 0.2) is 0 Å². The molecule has 0 bridgehead atoms. The second-order valence-corrected chi connectivity index (χ2v) is 5.97. The molecule has 0 aromatic carbocycles. The summed E-state index contributed by atoms with van der Waals surface area (Å²) in [7, 11) is 0. The minimum Gasteiger partial charge on any atom is -0.334 e. The van der Waals surface area contributed by atoms with Crippen molar-refractivity contribution in [3.05, 3.63) is 5.01 Å². The Hall–Kier alpha value is -1.50. The Morgan fingerprint density at radius 3 is 2.70 bits per heavy atom. The largest absolute Gasteiger partial charge is 0.334 e. The van der Waals surface area contributed by atoms with Crippen LogP contribution in [0.4, 0.5) is 5.13 Å². The second-order valence-electron chi connectivity index (χ2n) is 4.91. The summed E-state index contributed by atoms with van der Waals surface area (Å²) in [6, 6.07) is 0. The van der Waals surface area contributed by atoms with E-state index in [0.717, 1.165) is 43.5 Å². The van der Waals surface area contributed by atoms with Gasteiger partial charge in [-0.15, -0.1) is 10.2 Å². The first-order chi connectivity index (χ1) is 9.70. The molecule has 2 heterocycles. The number of carbonyl (C=O) groups is 2. The lowest BCUT2D eigenvalue weighted by molar-refractivity contribution is -0.143. The average molecular weight is 296 g/mol. The van der Waals surface area contributed by atoms with Crippen LogP contribution < -0.4 is 5.32 Å². The van der Waals surface area contributed by atoms with Crippen LogP contribution in [0.3, 0.4) is 0 Å². The molecule has 0 radical (unpaired) electrons. The number of likely N-dealkylation sites (tertiary alicyclic amines) is 1. The highest BCUT2D eigenvalue weighted by Gasteiger charge is 2.24. The summed E-state index contributed by atoms with van der Waals surface area (Å²) in [5, 5.41) is 11.8. The molecular weight excluding hydrogens is 276 g/mol. The van der Waals surface area contributed by atoms with E-state index in [2.05, 4.69) is 22.4 Å². The fraction of sp³-hybridized carbons (Fsp3) is 0.692. The first kappa shape index (κ1) is 14.9. The molecule has 1 saturated heterocycles. The number of unbranched alkanes of at least 4 members (excludes halogenated alkanes) is 1. The van der Waals surface area contributed by atoms with Crippen LogP contribution in [0.5, 0.6) is 0 Å². The third kappa shape index (κ3) is 4.00. The van der Waals surface area contributed by atoms with E-state index in [4.69, 9.17) is 0 Å². The highest BCUT2D eigenvalue weighted by atomic mass is 32.1. The number of nitrogens with one attached hydrogen (secondary N) is 1. The summed E-state index contributed by atoms with van der Waals surface area (Å²) in [5.41, 5.74) is 0. The van der Waals surface area contributed by atoms with Crippen molar-refractivity contribution in [2.24, 2.45) is 0 Å². The topological polar surface area (TPSA) is 75.2 Å². The van der Waals surface area contributed by atoms with Crippen LogP contribution in [0.25, 0.3) is 0 Å². The van der Waals surface area contributed by atoms with Crippen molar-refractivity contribution in [1.29, 1.82) is 0 Å². The van der Waals surface area contributed by atoms with Gasteiger partial charge in [-0.25, -0.2) is 0 Å². The molecule has 110 valence electrons. The van der Waals surface area contributed by atoms with E-state index in [1.54, 1.807) is 4.90 Å². The zero-order valence-electron chi connectivity index (χ0n) is 11.7. The van der Waals surface area contributed by atoms with Crippen LogP contribution in [0.15, 0.2) is 0 Å². The van der Waals surface area contributed by atoms with Gasteiger partial charge in [-0.1, -0.05) is 24.7 Å². The standard InChI is InChI=1S/C13H20N4O2S/c1-2-3-7-10-15-16-13(20-10)14-11(18)12(19)17-8-5-4-6-9-17/h2-9H2,1H3,(H,14,16,18). The van der Waals surface area contributed by atoms with E-state index < -0.39 is 11.8 Å². The normalized spacial score (nSPS) is 15.2. The molecule has 0 atom stereocenters. The molecule has 0 spiro atoms. The van der Waals surface area contributed by atoms with E-state index in [0.29, 0.717) is 18.2 Å². The minimum absolute atomic E-state index is 0.409. The van der Waals surface area contributed by atoms with Gasteiger partial charge in [-0.3, -0.25) is 14.9 Å². The lowest BCUT2D eigenvalue weighted by Gasteiger charge is -2.25. The lowest BCUT2D eigenvalue weighted by Crippen LogP contribution is -2.42. The quantitative estimate of drug-likeness (QED) is 0.860. The molecule has 0 unspecified atom stereocenters. The van der Waals surface area contributed by atoms with Crippen molar-refractivity contribution in [3.8, 4) is 0 Å². The van der Waals surface area contributed by atoms with Crippen molar-refractivity contribution in [2.75, 3.05) is 18.4 Å². The number of piperidine rings is 1. The van der Waals surface area contributed by atoms with Crippen LogP contribution in [-0.4, -0.2) is 40.0 Å². The Bertz CT molecular complexity index is 469. The van der Waals surface area contributed by atoms with Crippen LogP contribution in [0.2, 0.25) is 0 Å². The van der Waals surface area contributed by atoms with Crippen molar-refractivity contribution in [1.82, 2.24) is 15.1 Å². The third-order valence-corrected chi connectivity index (χ3v) is 4.17. The molecule has 1 aromatic heterocycles. The number of nitrogens with zero attached hydrogens (tertiary/aromatic N) is 3. The molecule has 6 nitrogen and oxygen atoms in total. The number of aryl methyl sites for hydroxylation is 1. The van der Waals surface area contributed by atoms with E-state index in [1.165, 1.54) is 11.3 Å². The number of carbonyl (C=O) groups excluding carboxylic acids is 2. The average Bonchev–Trinajstić information content (AvgIpc) is 2.92. The zero-order chi connectivity index (χ0) is 14.4. The minimum atomic E-state index is -0.606. The smallest absolute Gasteiger partial charge is 0.315 e. The number of rotatable bonds is 4. The molecule has 0 saturated carbocycles. The van der Waals surface area contributed by atoms with Gasteiger partial charge in [0.05, 0.1) is 0 Å². The predicted octanol–water partition coefficient (Wildman–Crippen LogP) is 1.83. The molecule has 2 rings (SSSR count). The molecule has 20 heavy (non-hydrogen) atoms. The Morgan fingerprint density at radius 2 is 2.00 bits per heavy atom. The maximum Gasteiger partial charge on any atom is 0.315 e. The molecule has 1 N–H and O–H groups in total. The van der Waals surface area contributed by atoms with Gasteiger partial charge < -0.3 is 4.90 Å². The number of hydrogen-bond acceptors (Lipinski definition) is 5. The summed E-state index contributed by atoms with van der Waals surface area (Å²) in [5.74, 6) is -1.07. The summed E-state index contributed by atoms with van der Waals surface area (Å²) in [6.45, 7) is 3.45. The van der Waals surface area contributed by atoms with Crippen LogP contribution in [0.1, 0.15) is 44.0 Å². The second kappa shape index (κ2) is 7.33. The van der Waals surface area contributed by atoms with E-state index in [9.17, 15) is 9.59 Å². The van der Waals surface area contributed by atoms with E-state index >= 15 is 0 Å². The van der Waals surface area contributed by atoms with Crippen LogP contribution in [-0.2, 0) is 16.0 Å². The highest BCUT2D eigenvalue weighted by Crippen LogP contribution is 2.17. The molecule has 0 aliphatic carbocycles. The summed E-state index contributed by atoms with van der Waals surface area (Å²) in [6.07, 6.45) is 6.08. The van der Waals surface area contributed by atoms with Gasteiger partial charge in [0.2, 0.25) is 5.13 Å². The van der Waals surface area contributed by atoms with Crippen molar-refractivity contribution in [2.45, 2.75) is 45.4 Å². The Labute approximate surface area is 122 Å². The fourth-order valence-corrected chi connectivity index (χ4v) is 2.90. The van der Waals surface area contributed by atoms with Gasteiger partial charge in [0, 0.05) is 19.5 Å². The molecule has 1 fully saturated rings. The van der Waals surface area contributed by atoms with Crippen molar-refractivity contribution < 1.29 is 9.59 Å². The zero-order valence-corrected chi connectivity index (χ0v) is 12.5. The van der Waals surface area contributed by atoms with E-state index in [-0.39, 0.29) is 0 Å². The molecule has 1 aliphatic rings. The molecule has 1 aromatic rings. The first-order valence-electron chi connectivity index (χ1n) is 7.13. The van der Waals surface area contributed by atoms with Crippen LogP contribution in [0, 0.1) is 0 Å². The molecular formula is C13H20N4O2S. The van der Waals surface area contributed by atoms with Crippen LogP contribution >= 0.6 is 11.3 Å². The van der Waals surface area contributed by atoms with Gasteiger partial charge in [0.25, 0.3) is 0 Å². The van der Waals surface area contributed by atoms with Gasteiger partial charge in [-0.2, -0.15) is 0 Å². The Morgan fingerprint density at radius 1 is 1.25 bits per heavy atom. The monoisotopic (exact) mass is 296 g/mol. The maximum absolute atomic E-state index is 12.0. The Balaban J connectivity index is 1.86. The maximum atomic E-state index is 12.0. The van der Waals surface area contributed by atoms with Gasteiger partial charge in [-0.05, 0) is 25.7 Å². The summed E-state index contributed by atoms with van der Waals surface area (Å²) >= 11 is 1.34. The molecule has 2 amide bonds. The van der Waals surface area contributed by atoms with E-state index in [1.807, 2.05) is 0 Å². The molecule has 7 heteroatoms. The third-order valence-electron chi connectivity index (χ3n) is 3.27. The lowest BCUT2D eigenvalue weighted by atomic mass is 10.1. The first-order valence-corrected chi connectivity index (χ1v) is 7.95. The highest BCUT2D eigenvalue weighted by molar-refractivity contribution is 7.15.